The Balaban J connectivity index is 2.18. The molecule has 7 heteroatoms. The maximum absolute atomic E-state index is 13.5. The van der Waals surface area contributed by atoms with Crippen LogP contribution in [0.2, 0.25) is 5.15 Å². The minimum absolute atomic E-state index is 0.00849. The minimum Gasteiger partial charge on any atom is -0.232 e. The summed E-state index contributed by atoms with van der Waals surface area (Å²) in [5.74, 6) is -0.0261. The van der Waals surface area contributed by atoms with E-state index in [1.807, 2.05) is 0 Å². The van der Waals surface area contributed by atoms with Crippen LogP contribution < -0.4 is 0 Å². The van der Waals surface area contributed by atoms with Crippen LogP contribution in [0.5, 0.6) is 0 Å². The van der Waals surface area contributed by atoms with Gasteiger partial charge in [-0.15, -0.1) is 0 Å². The van der Waals surface area contributed by atoms with E-state index < -0.39 is 11.6 Å². The standard InChI is InChI=1S/C12H6BrClF2N2S/c13-9-5(1-2-7(15)10(9)16)12-17-8-4-19-3-6(8)11(14)18-12/h1-2H,3-4H2. The highest BCUT2D eigenvalue weighted by Crippen LogP contribution is 2.36. The monoisotopic (exact) mass is 362 g/mol. The number of hydrogen-bond donors (Lipinski definition) is 0. The Morgan fingerprint density at radius 1 is 1.21 bits per heavy atom. The van der Waals surface area contributed by atoms with Gasteiger partial charge in [0, 0.05) is 22.6 Å². The molecule has 0 amide bonds. The van der Waals surface area contributed by atoms with Crippen molar-refractivity contribution >= 4 is 39.3 Å². The second-order valence-corrected chi connectivity index (χ2v) is 6.12. The van der Waals surface area contributed by atoms with E-state index in [0.717, 1.165) is 28.8 Å². The molecule has 0 unspecified atom stereocenters. The Morgan fingerprint density at radius 2 is 2.00 bits per heavy atom. The molecule has 0 fully saturated rings. The molecule has 0 bridgehead atoms. The van der Waals surface area contributed by atoms with Crippen LogP contribution in [0.4, 0.5) is 8.78 Å². The van der Waals surface area contributed by atoms with Crippen molar-refractivity contribution in [1.29, 1.82) is 0 Å². The molecule has 1 aromatic carbocycles. The lowest BCUT2D eigenvalue weighted by Gasteiger charge is -2.08. The number of aromatic nitrogens is 2. The van der Waals surface area contributed by atoms with Gasteiger partial charge in [-0.2, -0.15) is 11.8 Å². The van der Waals surface area contributed by atoms with Crippen molar-refractivity contribution < 1.29 is 8.78 Å². The van der Waals surface area contributed by atoms with Crippen LogP contribution in [0.3, 0.4) is 0 Å². The maximum Gasteiger partial charge on any atom is 0.173 e. The number of fused-ring (bicyclic) bond motifs is 1. The Bertz CT molecular complexity index is 681. The predicted molar refractivity (Wildman–Crippen MR) is 75.1 cm³/mol. The van der Waals surface area contributed by atoms with E-state index in [-0.39, 0.29) is 4.47 Å². The molecular formula is C12H6BrClF2N2S. The molecule has 2 nitrogen and oxygen atoms in total. The molecule has 2 heterocycles. The molecule has 0 radical (unpaired) electrons. The van der Waals surface area contributed by atoms with Crippen LogP contribution >= 0.6 is 39.3 Å². The highest BCUT2D eigenvalue weighted by atomic mass is 79.9. The predicted octanol–water partition coefficient (Wildman–Crippen LogP) is 4.58. The van der Waals surface area contributed by atoms with Gasteiger partial charge in [0.25, 0.3) is 0 Å². The van der Waals surface area contributed by atoms with Gasteiger partial charge in [-0.1, -0.05) is 11.6 Å². The van der Waals surface area contributed by atoms with Gasteiger partial charge in [0.05, 0.1) is 10.2 Å². The van der Waals surface area contributed by atoms with Crippen LogP contribution in [-0.4, -0.2) is 9.97 Å². The zero-order chi connectivity index (χ0) is 13.6. The third kappa shape index (κ3) is 2.26. The molecule has 0 spiro atoms. The van der Waals surface area contributed by atoms with E-state index >= 15 is 0 Å². The molecule has 1 aromatic heterocycles. The van der Waals surface area contributed by atoms with E-state index in [2.05, 4.69) is 25.9 Å². The zero-order valence-electron chi connectivity index (χ0n) is 9.38. The molecule has 0 atom stereocenters. The number of rotatable bonds is 1. The van der Waals surface area contributed by atoms with Crippen molar-refractivity contribution in [3.8, 4) is 11.4 Å². The first-order chi connectivity index (χ1) is 9.08. The molecule has 0 aliphatic carbocycles. The summed E-state index contributed by atoms with van der Waals surface area (Å²) in [6, 6.07) is 2.48. The maximum atomic E-state index is 13.5. The summed E-state index contributed by atoms with van der Waals surface area (Å²) in [7, 11) is 0. The Kier molecular flexibility index (Phi) is 3.49. The lowest BCUT2D eigenvalue weighted by molar-refractivity contribution is 0.504. The molecular weight excluding hydrogens is 358 g/mol. The third-order valence-corrected chi connectivity index (χ3v) is 4.86. The van der Waals surface area contributed by atoms with Crippen molar-refractivity contribution in [2.24, 2.45) is 0 Å². The normalized spacial score (nSPS) is 13.7. The third-order valence-electron chi connectivity index (χ3n) is 2.80. The van der Waals surface area contributed by atoms with Crippen molar-refractivity contribution in [3.63, 3.8) is 0 Å². The topological polar surface area (TPSA) is 25.8 Å². The van der Waals surface area contributed by atoms with Gasteiger partial charge in [0.2, 0.25) is 0 Å². The Labute approximate surface area is 125 Å². The lowest BCUT2D eigenvalue weighted by atomic mass is 10.2. The van der Waals surface area contributed by atoms with E-state index in [9.17, 15) is 8.78 Å². The number of nitrogens with zero attached hydrogens (tertiary/aromatic N) is 2. The van der Waals surface area contributed by atoms with Gasteiger partial charge in [-0.25, -0.2) is 18.7 Å². The fourth-order valence-electron chi connectivity index (χ4n) is 1.83. The van der Waals surface area contributed by atoms with Gasteiger partial charge in [0.1, 0.15) is 5.15 Å². The molecule has 19 heavy (non-hydrogen) atoms. The smallest absolute Gasteiger partial charge is 0.173 e. The van der Waals surface area contributed by atoms with Crippen LogP contribution in [-0.2, 0) is 11.5 Å². The quantitative estimate of drug-likeness (QED) is 0.548. The zero-order valence-corrected chi connectivity index (χ0v) is 12.5. The Morgan fingerprint density at radius 3 is 2.79 bits per heavy atom. The van der Waals surface area contributed by atoms with E-state index in [4.69, 9.17) is 11.6 Å². The summed E-state index contributed by atoms with van der Waals surface area (Å²) >= 11 is 10.8. The number of benzene rings is 1. The summed E-state index contributed by atoms with van der Waals surface area (Å²) < 4.78 is 26.6. The Hall–Kier alpha value is -0.720. The first-order valence-corrected chi connectivity index (χ1v) is 7.67. The summed E-state index contributed by atoms with van der Waals surface area (Å²) in [6.07, 6.45) is 0. The van der Waals surface area contributed by atoms with Crippen molar-refractivity contribution in [1.82, 2.24) is 9.97 Å². The fraction of sp³-hybridized carbons (Fsp3) is 0.167. The average molecular weight is 364 g/mol. The lowest BCUT2D eigenvalue weighted by Crippen LogP contribution is -1.99. The van der Waals surface area contributed by atoms with Gasteiger partial charge in [-0.3, -0.25) is 0 Å². The first kappa shape index (κ1) is 13.3. The average Bonchev–Trinajstić information content (AvgIpc) is 2.85. The summed E-state index contributed by atoms with van der Waals surface area (Å²) in [6.45, 7) is 0. The molecule has 0 saturated heterocycles. The molecule has 3 rings (SSSR count). The van der Waals surface area contributed by atoms with E-state index in [0.29, 0.717) is 16.5 Å². The summed E-state index contributed by atoms with van der Waals surface area (Å²) in [4.78, 5) is 8.55. The largest absolute Gasteiger partial charge is 0.232 e. The van der Waals surface area contributed by atoms with Gasteiger partial charge in [0.15, 0.2) is 17.5 Å². The molecule has 0 N–H and O–H groups in total. The molecule has 1 aliphatic heterocycles. The van der Waals surface area contributed by atoms with Crippen LogP contribution in [0, 0.1) is 11.6 Å². The second-order valence-electron chi connectivity index (χ2n) is 3.98. The van der Waals surface area contributed by atoms with Gasteiger partial charge in [-0.05, 0) is 28.1 Å². The SMILES string of the molecule is Fc1ccc(-c2nc(Cl)c3c(n2)CSC3)c(Br)c1F. The van der Waals surface area contributed by atoms with Crippen LogP contribution in [0.15, 0.2) is 16.6 Å². The first-order valence-electron chi connectivity index (χ1n) is 5.35. The fourth-order valence-corrected chi connectivity index (χ4v) is 3.71. The summed E-state index contributed by atoms with van der Waals surface area (Å²) in [5, 5.41) is 0.377. The van der Waals surface area contributed by atoms with E-state index in [1.165, 1.54) is 6.07 Å². The molecule has 2 aromatic rings. The number of thioether (sulfide) groups is 1. The van der Waals surface area contributed by atoms with Crippen LogP contribution in [0.25, 0.3) is 11.4 Å². The van der Waals surface area contributed by atoms with Crippen molar-refractivity contribution in [2.45, 2.75) is 11.5 Å². The molecule has 98 valence electrons. The van der Waals surface area contributed by atoms with E-state index in [1.54, 1.807) is 11.8 Å². The second kappa shape index (κ2) is 5.00. The van der Waals surface area contributed by atoms with Crippen molar-refractivity contribution in [2.75, 3.05) is 0 Å². The number of hydrogen-bond acceptors (Lipinski definition) is 3. The van der Waals surface area contributed by atoms with Crippen molar-refractivity contribution in [3.05, 3.63) is 44.7 Å². The highest BCUT2D eigenvalue weighted by Gasteiger charge is 2.21. The number of halogens is 4. The summed E-state index contributed by atoms with van der Waals surface area (Å²) in [5.41, 5.74) is 2.17. The van der Waals surface area contributed by atoms with Crippen LogP contribution in [0.1, 0.15) is 11.3 Å². The van der Waals surface area contributed by atoms with Gasteiger partial charge < -0.3 is 0 Å². The molecule has 1 aliphatic rings. The minimum atomic E-state index is -0.952. The van der Waals surface area contributed by atoms with Gasteiger partial charge >= 0.3 is 0 Å². The highest BCUT2D eigenvalue weighted by molar-refractivity contribution is 9.10. The molecule has 0 saturated carbocycles.